The molecule has 2 atom stereocenters. The average Bonchev–Trinajstić information content (AvgIpc) is 2.68. The van der Waals surface area contributed by atoms with Crippen molar-refractivity contribution in [3.63, 3.8) is 0 Å². The van der Waals surface area contributed by atoms with Crippen molar-refractivity contribution in [3.05, 3.63) is 59.1 Å². The molecule has 0 unspecified atom stereocenters. The van der Waals surface area contributed by atoms with Crippen LogP contribution in [0, 0.1) is 0 Å². The van der Waals surface area contributed by atoms with E-state index in [1.54, 1.807) is 48.5 Å². The fourth-order valence-electron chi connectivity index (χ4n) is 2.21. The minimum Gasteiger partial charge on any atom is -0.497 e. The minimum absolute atomic E-state index is 0.355. The fraction of sp³-hybridized carbons (Fsp3) is 0.250. The van der Waals surface area contributed by atoms with Gasteiger partial charge in [-0.25, -0.2) is 4.79 Å². The second kappa shape index (κ2) is 9.75. The van der Waals surface area contributed by atoms with Crippen LogP contribution in [-0.4, -0.2) is 37.0 Å². The predicted octanol–water partition coefficient (Wildman–Crippen LogP) is 3.04. The van der Waals surface area contributed by atoms with Gasteiger partial charge in [-0.2, -0.15) is 0 Å². The van der Waals surface area contributed by atoms with Crippen LogP contribution in [0.3, 0.4) is 0 Å². The number of benzene rings is 2. The molecule has 28 heavy (non-hydrogen) atoms. The number of carbonyl (C=O) groups is 3. The standard InChI is InChI=1S/C20H21ClN2O5/c1-12(22-19(25)14-7-9-15(21)10-8-14)20(26)28-13(2)18(24)23-16-5-4-6-17(11-16)27-3/h4-13H,1-3H3,(H,22,25)(H,23,24)/t12-,13+/m0/s1. The number of hydrogen-bond donors (Lipinski definition) is 2. The molecule has 0 heterocycles. The Balaban J connectivity index is 1.88. The number of ether oxygens (including phenoxy) is 2. The number of anilines is 1. The molecule has 0 fully saturated rings. The Morgan fingerprint density at radius 2 is 1.71 bits per heavy atom. The van der Waals surface area contributed by atoms with E-state index < -0.39 is 29.9 Å². The normalized spacial score (nSPS) is 12.4. The van der Waals surface area contributed by atoms with E-state index in [4.69, 9.17) is 21.1 Å². The Kier molecular flexibility index (Phi) is 7.40. The van der Waals surface area contributed by atoms with Crippen molar-refractivity contribution in [2.45, 2.75) is 26.0 Å². The lowest BCUT2D eigenvalue weighted by Gasteiger charge is -2.18. The van der Waals surface area contributed by atoms with Gasteiger partial charge in [-0.15, -0.1) is 0 Å². The number of rotatable bonds is 7. The maximum atomic E-state index is 12.2. The van der Waals surface area contributed by atoms with Gasteiger partial charge in [0.2, 0.25) is 0 Å². The van der Waals surface area contributed by atoms with Crippen molar-refractivity contribution in [3.8, 4) is 5.75 Å². The average molecular weight is 405 g/mol. The zero-order chi connectivity index (χ0) is 20.7. The second-order valence-electron chi connectivity index (χ2n) is 6.00. The van der Waals surface area contributed by atoms with E-state index in [2.05, 4.69) is 10.6 Å². The van der Waals surface area contributed by atoms with Crippen LogP contribution in [0.2, 0.25) is 5.02 Å². The maximum absolute atomic E-state index is 12.2. The number of carbonyl (C=O) groups excluding carboxylic acids is 3. The number of methoxy groups -OCH3 is 1. The van der Waals surface area contributed by atoms with Crippen LogP contribution < -0.4 is 15.4 Å². The Bertz CT molecular complexity index is 854. The molecule has 0 aliphatic carbocycles. The molecule has 148 valence electrons. The van der Waals surface area contributed by atoms with Crippen molar-refractivity contribution in [1.29, 1.82) is 0 Å². The molecule has 2 aromatic rings. The van der Waals surface area contributed by atoms with E-state index in [1.807, 2.05) is 0 Å². The first kappa shape index (κ1) is 21.2. The summed E-state index contributed by atoms with van der Waals surface area (Å²) in [6.45, 7) is 2.92. The predicted molar refractivity (Wildman–Crippen MR) is 106 cm³/mol. The van der Waals surface area contributed by atoms with Gasteiger partial charge in [-0.1, -0.05) is 17.7 Å². The van der Waals surface area contributed by atoms with E-state index in [9.17, 15) is 14.4 Å². The SMILES string of the molecule is COc1cccc(NC(=O)[C@@H](C)OC(=O)[C@H](C)NC(=O)c2ccc(Cl)cc2)c1. The minimum atomic E-state index is -1.05. The van der Waals surface area contributed by atoms with E-state index in [0.29, 0.717) is 22.0 Å². The van der Waals surface area contributed by atoms with Gasteiger partial charge in [-0.05, 0) is 50.2 Å². The summed E-state index contributed by atoms with van der Waals surface area (Å²) in [6, 6.07) is 12.1. The quantitative estimate of drug-likeness (QED) is 0.692. The maximum Gasteiger partial charge on any atom is 0.329 e. The highest BCUT2D eigenvalue weighted by Crippen LogP contribution is 2.17. The molecule has 7 nitrogen and oxygen atoms in total. The lowest BCUT2D eigenvalue weighted by atomic mass is 10.2. The third-order valence-electron chi connectivity index (χ3n) is 3.81. The third-order valence-corrected chi connectivity index (χ3v) is 4.06. The lowest BCUT2D eigenvalue weighted by Crippen LogP contribution is -2.42. The second-order valence-corrected chi connectivity index (χ2v) is 6.44. The summed E-state index contributed by atoms with van der Waals surface area (Å²) in [7, 11) is 1.52. The monoisotopic (exact) mass is 404 g/mol. The summed E-state index contributed by atoms with van der Waals surface area (Å²) in [5, 5.41) is 5.66. The first-order valence-electron chi connectivity index (χ1n) is 8.52. The molecule has 2 amide bonds. The van der Waals surface area contributed by atoms with Crippen molar-refractivity contribution >= 4 is 35.1 Å². The third kappa shape index (κ3) is 5.99. The number of amides is 2. The summed E-state index contributed by atoms with van der Waals surface area (Å²) in [4.78, 5) is 36.5. The van der Waals surface area contributed by atoms with Crippen LogP contribution >= 0.6 is 11.6 Å². The zero-order valence-corrected chi connectivity index (χ0v) is 16.4. The molecule has 0 bridgehead atoms. The lowest BCUT2D eigenvalue weighted by molar-refractivity contribution is -0.154. The number of nitrogens with one attached hydrogen (secondary N) is 2. The molecule has 2 aromatic carbocycles. The molecule has 0 aromatic heterocycles. The molecule has 0 saturated heterocycles. The summed E-state index contributed by atoms with van der Waals surface area (Å²) in [6.07, 6.45) is -1.05. The van der Waals surface area contributed by atoms with Crippen LogP contribution in [0.25, 0.3) is 0 Å². The van der Waals surface area contributed by atoms with Crippen LogP contribution in [-0.2, 0) is 14.3 Å². The van der Waals surface area contributed by atoms with Crippen molar-refractivity contribution < 1.29 is 23.9 Å². The molecule has 2 rings (SSSR count). The largest absolute Gasteiger partial charge is 0.497 e. The van der Waals surface area contributed by atoms with Gasteiger partial charge in [0.1, 0.15) is 11.8 Å². The van der Waals surface area contributed by atoms with Crippen molar-refractivity contribution in [1.82, 2.24) is 5.32 Å². The highest BCUT2D eigenvalue weighted by molar-refractivity contribution is 6.30. The van der Waals surface area contributed by atoms with Crippen LogP contribution in [0.4, 0.5) is 5.69 Å². The topological polar surface area (TPSA) is 93.7 Å². The molecular formula is C20H21ClN2O5. The van der Waals surface area contributed by atoms with Crippen molar-refractivity contribution in [2.75, 3.05) is 12.4 Å². The molecule has 2 N–H and O–H groups in total. The Labute approximate surface area is 168 Å². The first-order valence-corrected chi connectivity index (χ1v) is 8.89. The van der Waals surface area contributed by atoms with Crippen LogP contribution in [0.5, 0.6) is 5.75 Å². The van der Waals surface area contributed by atoms with Gasteiger partial charge in [0.05, 0.1) is 7.11 Å². The molecule has 0 spiro atoms. The van der Waals surface area contributed by atoms with Gasteiger partial charge < -0.3 is 20.1 Å². The highest BCUT2D eigenvalue weighted by Gasteiger charge is 2.23. The van der Waals surface area contributed by atoms with E-state index in [0.717, 1.165) is 0 Å². The summed E-state index contributed by atoms with van der Waals surface area (Å²) in [5.74, 6) is -1.09. The smallest absolute Gasteiger partial charge is 0.329 e. The fourth-order valence-corrected chi connectivity index (χ4v) is 2.34. The van der Waals surface area contributed by atoms with E-state index >= 15 is 0 Å². The Morgan fingerprint density at radius 1 is 1.04 bits per heavy atom. The van der Waals surface area contributed by atoms with E-state index in [1.165, 1.54) is 21.0 Å². The molecule has 8 heteroatoms. The van der Waals surface area contributed by atoms with Crippen molar-refractivity contribution in [2.24, 2.45) is 0 Å². The highest BCUT2D eigenvalue weighted by atomic mass is 35.5. The van der Waals surface area contributed by atoms with Gasteiger partial charge in [0.15, 0.2) is 6.10 Å². The number of halogens is 1. The van der Waals surface area contributed by atoms with Gasteiger partial charge in [0, 0.05) is 22.3 Å². The molecule has 0 saturated carbocycles. The number of esters is 1. The zero-order valence-electron chi connectivity index (χ0n) is 15.7. The molecule has 0 aliphatic rings. The molecular weight excluding hydrogens is 384 g/mol. The van der Waals surface area contributed by atoms with Gasteiger partial charge in [-0.3, -0.25) is 9.59 Å². The molecule has 0 aliphatic heterocycles. The van der Waals surface area contributed by atoms with Gasteiger partial charge >= 0.3 is 5.97 Å². The van der Waals surface area contributed by atoms with Crippen LogP contribution in [0.1, 0.15) is 24.2 Å². The Morgan fingerprint density at radius 3 is 2.36 bits per heavy atom. The van der Waals surface area contributed by atoms with E-state index in [-0.39, 0.29) is 0 Å². The number of hydrogen-bond acceptors (Lipinski definition) is 5. The summed E-state index contributed by atoms with van der Waals surface area (Å²) in [5.41, 5.74) is 0.865. The summed E-state index contributed by atoms with van der Waals surface area (Å²) < 4.78 is 10.2. The van der Waals surface area contributed by atoms with Crippen LogP contribution in [0.15, 0.2) is 48.5 Å². The summed E-state index contributed by atoms with van der Waals surface area (Å²) >= 11 is 5.78. The van der Waals surface area contributed by atoms with Gasteiger partial charge in [0.25, 0.3) is 11.8 Å². The first-order chi connectivity index (χ1) is 13.3. The Hall–Kier alpha value is -3.06. The molecule has 0 radical (unpaired) electrons.